The van der Waals surface area contributed by atoms with Crippen LogP contribution in [0.25, 0.3) is 0 Å². The third-order valence-electron chi connectivity index (χ3n) is 2.50. The van der Waals surface area contributed by atoms with Crippen molar-refractivity contribution in [1.82, 2.24) is 0 Å². The molecule has 1 aliphatic rings. The van der Waals surface area contributed by atoms with Gasteiger partial charge >= 0.3 is 5.97 Å². The highest BCUT2D eigenvalue weighted by atomic mass is 19.1. The molecule has 0 unspecified atom stereocenters. The number of carbonyl (C=O) groups is 1. The molecule has 16 heavy (non-hydrogen) atoms. The molecule has 2 nitrogen and oxygen atoms in total. The van der Waals surface area contributed by atoms with Gasteiger partial charge in [-0.2, -0.15) is 0 Å². The Morgan fingerprint density at radius 2 is 1.88 bits per heavy atom. The summed E-state index contributed by atoms with van der Waals surface area (Å²) < 4.78 is 30.1. The molecule has 92 valence electrons. The van der Waals surface area contributed by atoms with E-state index in [2.05, 4.69) is 0 Å². The van der Waals surface area contributed by atoms with Crippen molar-refractivity contribution in [3.05, 3.63) is 11.6 Å². The SMILES string of the molecule is CC(C)(C)OC(=O)C=C1CC(CF)(CF)C1. The molecule has 0 aromatic rings. The Hall–Kier alpha value is -0.930. The summed E-state index contributed by atoms with van der Waals surface area (Å²) in [5, 5.41) is 0. The molecule has 0 aromatic carbocycles. The lowest BCUT2D eigenvalue weighted by atomic mass is 9.67. The van der Waals surface area contributed by atoms with Gasteiger partial charge in [0.15, 0.2) is 0 Å². The Bertz CT molecular complexity index is 289. The summed E-state index contributed by atoms with van der Waals surface area (Å²) in [7, 11) is 0. The van der Waals surface area contributed by atoms with Gasteiger partial charge in [0.2, 0.25) is 0 Å². The van der Waals surface area contributed by atoms with Crippen molar-refractivity contribution in [2.45, 2.75) is 39.2 Å². The van der Waals surface area contributed by atoms with E-state index in [1.54, 1.807) is 20.8 Å². The fourth-order valence-electron chi connectivity index (χ4n) is 1.74. The van der Waals surface area contributed by atoms with Crippen LogP contribution in [-0.4, -0.2) is 24.9 Å². The largest absolute Gasteiger partial charge is 0.457 e. The highest BCUT2D eigenvalue weighted by molar-refractivity contribution is 5.83. The van der Waals surface area contributed by atoms with E-state index in [1.165, 1.54) is 6.08 Å². The summed E-state index contributed by atoms with van der Waals surface area (Å²) >= 11 is 0. The van der Waals surface area contributed by atoms with Gasteiger partial charge in [0, 0.05) is 11.5 Å². The van der Waals surface area contributed by atoms with Gasteiger partial charge in [-0.1, -0.05) is 5.57 Å². The monoisotopic (exact) mass is 232 g/mol. The summed E-state index contributed by atoms with van der Waals surface area (Å²) in [6.07, 6.45) is 1.99. The number of halogens is 2. The Labute approximate surface area is 94.7 Å². The second kappa shape index (κ2) is 4.52. The van der Waals surface area contributed by atoms with Crippen LogP contribution in [0.15, 0.2) is 11.6 Å². The highest BCUT2D eigenvalue weighted by Gasteiger charge is 2.41. The summed E-state index contributed by atoms with van der Waals surface area (Å²) in [5.74, 6) is -0.436. The van der Waals surface area contributed by atoms with Gasteiger partial charge in [0.05, 0.1) is 13.3 Å². The molecule has 0 bridgehead atoms. The summed E-state index contributed by atoms with van der Waals surface area (Å²) in [5.41, 5.74) is -0.632. The topological polar surface area (TPSA) is 26.3 Å². The van der Waals surface area contributed by atoms with Gasteiger partial charge in [0.1, 0.15) is 5.60 Å². The summed E-state index contributed by atoms with van der Waals surface area (Å²) in [6.45, 7) is 3.98. The van der Waals surface area contributed by atoms with Crippen molar-refractivity contribution in [1.29, 1.82) is 0 Å². The molecule has 0 amide bonds. The maximum absolute atomic E-state index is 12.5. The van der Waals surface area contributed by atoms with Crippen molar-refractivity contribution in [2.24, 2.45) is 5.41 Å². The molecule has 0 aromatic heterocycles. The molecule has 0 heterocycles. The minimum absolute atomic E-state index is 0.319. The van der Waals surface area contributed by atoms with Crippen LogP contribution in [-0.2, 0) is 9.53 Å². The Balaban J connectivity index is 2.48. The number of hydrogen-bond donors (Lipinski definition) is 0. The smallest absolute Gasteiger partial charge is 0.331 e. The van der Waals surface area contributed by atoms with Crippen LogP contribution in [0.1, 0.15) is 33.6 Å². The zero-order valence-corrected chi connectivity index (χ0v) is 9.98. The molecular formula is C12H18F2O2. The van der Waals surface area contributed by atoms with E-state index in [9.17, 15) is 13.6 Å². The maximum Gasteiger partial charge on any atom is 0.331 e. The van der Waals surface area contributed by atoms with Gasteiger partial charge in [0.25, 0.3) is 0 Å². The van der Waals surface area contributed by atoms with Crippen LogP contribution in [0.5, 0.6) is 0 Å². The van der Waals surface area contributed by atoms with E-state index < -0.39 is 30.3 Å². The molecule has 0 atom stereocenters. The third-order valence-corrected chi connectivity index (χ3v) is 2.50. The minimum Gasteiger partial charge on any atom is -0.457 e. The predicted molar refractivity (Wildman–Crippen MR) is 57.5 cm³/mol. The van der Waals surface area contributed by atoms with Crippen LogP contribution in [0, 0.1) is 5.41 Å². The van der Waals surface area contributed by atoms with Crippen molar-refractivity contribution >= 4 is 5.97 Å². The van der Waals surface area contributed by atoms with E-state index >= 15 is 0 Å². The molecule has 0 N–H and O–H groups in total. The van der Waals surface area contributed by atoms with Crippen molar-refractivity contribution in [2.75, 3.05) is 13.3 Å². The predicted octanol–water partition coefficient (Wildman–Crippen LogP) is 2.97. The molecule has 0 saturated heterocycles. The Kier molecular flexibility index (Phi) is 3.71. The number of carbonyl (C=O) groups excluding carboxylic acids is 1. The number of rotatable bonds is 3. The molecule has 1 rings (SSSR count). The number of ether oxygens (including phenoxy) is 1. The minimum atomic E-state index is -0.867. The fourth-order valence-corrected chi connectivity index (χ4v) is 1.74. The first-order valence-electron chi connectivity index (χ1n) is 5.35. The van der Waals surface area contributed by atoms with Crippen molar-refractivity contribution < 1.29 is 18.3 Å². The summed E-state index contributed by atoms with van der Waals surface area (Å²) in [6, 6.07) is 0. The normalized spacial score (nSPS) is 18.9. The van der Waals surface area contributed by atoms with Gasteiger partial charge in [-0.05, 0) is 33.6 Å². The average Bonchev–Trinajstić information content (AvgIpc) is 2.07. The fraction of sp³-hybridized carbons (Fsp3) is 0.750. The molecule has 1 aliphatic carbocycles. The van der Waals surface area contributed by atoms with Crippen LogP contribution in [0.2, 0.25) is 0 Å². The van der Waals surface area contributed by atoms with E-state index in [0.717, 1.165) is 5.57 Å². The molecule has 1 saturated carbocycles. The van der Waals surface area contributed by atoms with Crippen LogP contribution >= 0.6 is 0 Å². The highest BCUT2D eigenvalue weighted by Crippen LogP contribution is 2.45. The molecule has 4 heteroatoms. The van der Waals surface area contributed by atoms with E-state index in [1.807, 2.05) is 0 Å². The van der Waals surface area contributed by atoms with Crippen LogP contribution < -0.4 is 0 Å². The summed E-state index contributed by atoms with van der Waals surface area (Å²) in [4.78, 5) is 11.4. The number of allylic oxidation sites excluding steroid dienone is 1. The maximum atomic E-state index is 12.5. The zero-order chi connectivity index (χ0) is 12.4. The van der Waals surface area contributed by atoms with Crippen LogP contribution in [0.3, 0.4) is 0 Å². The van der Waals surface area contributed by atoms with Gasteiger partial charge in [-0.3, -0.25) is 8.78 Å². The molecular weight excluding hydrogens is 214 g/mol. The first-order chi connectivity index (χ1) is 7.30. The van der Waals surface area contributed by atoms with E-state index in [4.69, 9.17) is 4.74 Å². The zero-order valence-electron chi connectivity index (χ0n) is 9.98. The average molecular weight is 232 g/mol. The van der Waals surface area contributed by atoms with E-state index in [-0.39, 0.29) is 0 Å². The first-order valence-corrected chi connectivity index (χ1v) is 5.35. The van der Waals surface area contributed by atoms with Crippen LogP contribution in [0.4, 0.5) is 8.78 Å². The standard InChI is InChI=1S/C12H18F2O2/c1-11(2,3)16-10(15)4-9-5-12(6-9,7-13)8-14/h4H,5-8H2,1-3H3. The lowest BCUT2D eigenvalue weighted by Gasteiger charge is -2.39. The molecule has 0 radical (unpaired) electrons. The second-order valence-corrected chi connectivity index (χ2v) is 5.46. The molecule has 0 aliphatic heterocycles. The lowest BCUT2D eigenvalue weighted by Crippen LogP contribution is -2.36. The van der Waals surface area contributed by atoms with E-state index in [0.29, 0.717) is 12.8 Å². The van der Waals surface area contributed by atoms with Gasteiger partial charge in [-0.15, -0.1) is 0 Å². The van der Waals surface area contributed by atoms with Crippen molar-refractivity contribution in [3.8, 4) is 0 Å². The number of alkyl halides is 2. The Morgan fingerprint density at radius 1 is 1.38 bits per heavy atom. The Morgan fingerprint density at radius 3 is 2.25 bits per heavy atom. The van der Waals surface area contributed by atoms with Gasteiger partial charge < -0.3 is 4.74 Å². The molecule has 1 fully saturated rings. The first kappa shape index (κ1) is 13.1. The van der Waals surface area contributed by atoms with Crippen molar-refractivity contribution in [3.63, 3.8) is 0 Å². The molecule has 0 spiro atoms. The number of esters is 1. The third kappa shape index (κ3) is 3.29. The quantitative estimate of drug-likeness (QED) is 0.552. The van der Waals surface area contributed by atoms with Gasteiger partial charge in [-0.25, -0.2) is 4.79 Å². The lowest BCUT2D eigenvalue weighted by molar-refractivity contribution is -0.148. The number of hydrogen-bond acceptors (Lipinski definition) is 2. The second-order valence-electron chi connectivity index (χ2n) is 5.46.